The van der Waals surface area contributed by atoms with Gasteiger partial charge in [0.25, 0.3) is 0 Å². The molecule has 2 saturated heterocycles. The third-order valence-corrected chi connectivity index (χ3v) is 14.8. The molecule has 2 aliphatic heterocycles. The Morgan fingerprint density at radius 2 is 1.82 bits per heavy atom. The molecule has 7 aliphatic rings. The van der Waals surface area contributed by atoms with Crippen molar-refractivity contribution in [3.05, 3.63) is 29.3 Å². The van der Waals surface area contributed by atoms with E-state index in [0.717, 1.165) is 16.9 Å². The number of carbonyl (C=O) groups excluding carboxylic acids is 3. The lowest BCUT2D eigenvalue weighted by atomic mass is 9.42. The van der Waals surface area contributed by atoms with E-state index in [1.54, 1.807) is 53.6 Å². The Balaban J connectivity index is 1.24. The Hall–Kier alpha value is -2.45. The third-order valence-electron chi connectivity index (χ3n) is 14.8. The molecule has 2 amide bonds. The standard InChI is InChI=1S/C38H52N2O10/c1-8-39-17-35(18-50-33(43)21-13-19(2)9-10-24(21)40-27(41)14-20(3)32(40)42)12-11-26(47-5)37-23-15-22-25(46-4)16-36(44,28(23)29(22)48-6)38(45,34(37)39)31(49-7)30(35)37/h9-10,13,20,22-23,25-26,28-31,34,44-45H,8,11-12,14-18H2,1-7H3/t20-,22+,23+,25-,26-,28+,29-,30?,31?,34?,35-,36+,37-,38-/m0/s1. The van der Waals surface area contributed by atoms with Gasteiger partial charge < -0.3 is 33.9 Å². The maximum atomic E-state index is 14.2. The maximum absolute atomic E-state index is 14.2. The van der Waals surface area contributed by atoms with E-state index < -0.39 is 46.1 Å². The second-order valence-corrected chi connectivity index (χ2v) is 16.5. The minimum absolute atomic E-state index is 0.0349. The van der Waals surface area contributed by atoms with Gasteiger partial charge >= 0.3 is 5.97 Å². The van der Waals surface area contributed by atoms with Gasteiger partial charge in [-0.05, 0) is 50.8 Å². The molecule has 1 spiro atoms. The van der Waals surface area contributed by atoms with Crippen LogP contribution in [0.25, 0.3) is 0 Å². The predicted molar refractivity (Wildman–Crippen MR) is 179 cm³/mol. The quantitative estimate of drug-likeness (QED) is 0.290. The number of amides is 2. The fourth-order valence-electron chi connectivity index (χ4n) is 13.3. The summed E-state index contributed by atoms with van der Waals surface area (Å²) in [6.07, 6.45) is 0.801. The number of benzene rings is 1. The highest BCUT2D eigenvalue weighted by atomic mass is 16.5. The van der Waals surface area contributed by atoms with Crippen LogP contribution < -0.4 is 4.90 Å². The van der Waals surface area contributed by atoms with Crippen molar-refractivity contribution in [2.75, 3.05) is 53.0 Å². The van der Waals surface area contributed by atoms with E-state index in [1.165, 1.54) is 0 Å². The van der Waals surface area contributed by atoms with Gasteiger partial charge in [0, 0.05) is 82.3 Å². The first-order chi connectivity index (χ1) is 23.8. The number of ether oxygens (including phenoxy) is 5. The molecule has 7 bridgehead atoms. The Kier molecular flexibility index (Phi) is 7.98. The molecule has 14 atom stereocenters. The van der Waals surface area contributed by atoms with Crippen LogP contribution >= 0.6 is 0 Å². The number of aryl methyl sites for hydroxylation is 1. The topological polar surface area (TPSA) is 144 Å². The van der Waals surface area contributed by atoms with Crippen molar-refractivity contribution in [2.45, 2.75) is 94.5 Å². The highest BCUT2D eigenvalue weighted by Gasteiger charge is 2.91. The fourth-order valence-corrected chi connectivity index (χ4v) is 13.3. The third kappa shape index (κ3) is 3.94. The van der Waals surface area contributed by atoms with Gasteiger partial charge in [-0.2, -0.15) is 0 Å². The van der Waals surface area contributed by atoms with Crippen LogP contribution in [0.15, 0.2) is 18.2 Å². The Bertz CT molecular complexity index is 1600. The molecule has 7 fully saturated rings. The highest BCUT2D eigenvalue weighted by molar-refractivity contribution is 6.22. The first kappa shape index (κ1) is 34.6. The average molecular weight is 697 g/mol. The number of nitrogens with zero attached hydrogens (tertiary/aromatic N) is 2. The van der Waals surface area contributed by atoms with E-state index in [2.05, 4.69) is 11.8 Å². The largest absolute Gasteiger partial charge is 0.461 e. The van der Waals surface area contributed by atoms with Gasteiger partial charge in [0.15, 0.2) is 0 Å². The zero-order chi connectivity index (χ0) is 35.7. The average Bonchev–Trinajstić information content (AvgIpc) is 3.63. The van der Waals surface area contributed by atoms with Crippen LogP contribution in [0.1, 0.15) is 61.9 Å². The molecule has 3 unspecified atom stereocenters. The van der Waals surface area contributed by atoms with Crippen LogP contribution in [-0.2, 0) is 33.3 Å². The first-order valence-electron chi connectivity index (χ1n) is 18.3. The van der Waals surface area contributed by atoms with Crippen molar-refractivity contribution in [1.82, 2.24) is 4.90 Å². The van der Waals surface area contributed by atoms with Crippen LogP contribution in [-0.4, -0.2) is 123 Å². The highest BCUT2D eigenvalue weighted by Crippen LogP contribution is 2.80. The van der Waals surface area contributed by atoms with Crippen LogP contribution in [0.3, 0.4) is 0 Å². The number of imide groups is 1. The number of carbonyl (C=O) groups is 3. The summed E-state index contributed by atoms with van der Waals surface area (Å²) < 4.78 is 31.5. The summed E-state index contributed by atoms with van der Waals surface area (Å²) in [7, 11) is 6.71. The van der Waals surface area contributed by atoms with Gasteiger partial charge in [-0.25, -0.2) is 9.69 Å². The number of anilines is 1. The number of piperidine rings is 1. The van der Waals surface area contributed by atoms with Gasteiger partial charge in [0.1, 0.15) is 11.2 Å². The number of fused-ring (bicyclic) bond motifs is 2. The lowest BCUT2D eigenvalue weighted by Crippen LogP contribution is -2.82. The second kappa shape index (κ2) is 11.5. The van der Waals surface area contributed by atoms with Gasteiger partial charge in [0.2, 0.25) is 11.8 Å². The molecule has 274 valence electrons. The number of esters is 1. The number of likely N-dealkylation sites (N-methyl/N-ethyl adjacent to an activating group) is 1. The molecule has 8 rings (SSSR count). The van der Waals surface area contributed by atoms with E-state index in [0.29, 0.717) is 25.9 Å². The molecule has 5 saturated carbocycles. The number of likely N-dealkylation sites (tertiary alicyclic amines) is 1. The lowest BCUT2D eigenvalue weighted by molar-refractivity contribution is -0.320. The molecule has 0 aromatic heterocycles. The van der Waals surface area contributed by atoms with Crippen LogP contribution in [0.4, 0.5) is 5.69 Å². The minimum Gasteiger partial charge on any atom is -0.461 e. The van der Waals surface area contributed by atoms with E-state index >= 15 is 0 Å². The molecule has 12 heteroatoms. The van der Waals surface area contributed by atoms with Crippen molar-refractivity contribution < 1.29 is 48.3 Å². The van der Waals surface area contributed by atoms with E-state index in [1.807, 2.05) is 6.92 Å². The molecule has 1 aromatic carbocycles. The number of hydrogen-bond acceptors (Lipinski definition) is 11. The maximum Gasteiger partial charge on any atom is 0.340 e. The first-order valence-corrected chi connectivity index (χ1v) is 18.3. The minimum atomic E-state index is -1.70. The van der Waals surface area contributed by atoms with Gasteiger partial charge in [-0.1, -0.05) is 25.5 Å². The predicted octanol–water partition coefficient (Wildman–Crippen LogP) is 2.34. The summed E-state index contributed by atoms with van der Waals surface area (Å²) in [5.41, 5.74) is -3.36. The number of methoxy groups -OCH3 is 4. The number of aliphatic hydroxyl groups is 2. The summed E-state index contributed by atoms with van der Waals surface area (Å²) in [6.45, 7) is 6.81. The van der Waals surface area contributed by atoms with Crippen molar-refractivity contribution in [2.24, 2.45) is 40.4 Å². The summed E-state index contributed by atoms with van der Waals surface area (Å²) in [5, 5.41) is 26.6. The van der Waals surface area contributed by atoms with Gasteiger partial charge in [-0.3, -0.25) is 14.5 Å². The van der Waals surface area contributed by atoms with Crippen LogP contribution in [0.2, 0.25) is 0 Å². The molecule has 1 aromatic rings. The van der Waals surface area contributed by atoms with Crippen molar-refractivity contribution >= 4 is 23.5 Å². The molecule has 12 nitrogen and oxygen atoms in total. The number of hydrogen-bond donors (Lipinski definition) is 2. The van der Waals surface area contributed by atoms with Crippen molar-refractivity contribution in [3.63, 3.8) is 0 Å². The smallest absolute Gasteiger partial charge is 0.340 e. The summed E-state index contributed by atoms with van der Waals surface area (Å²) in [6, 6.07) is 4.63. The number of rotatable bonds is 9. The molecular weight excluding hydrogens is 644 g/mol. The second-order valence-electron chi connectivity index (χ2n) is 16.5. The zero-order valence-corrected chi connectivity index (χ0v) is 30.2. The van der Waals surface area contributed by atoms with Crippen LogP contribution in [0.5, 0.6) is 0 Å². The molecule has 2 N–H and O–H groups in total. The SMILES string of the molecule is CCN1C[C@]2(COC(=O)c3cc(C)ccc3N3C(=O)C[C@H](C)C3=O)CC[C@H](OC)[C@@]34C2C(OC)[C@](O)(C13)[C@@]1(O)C[C@H](OC)[C@H]2C[C@@H]4[C@@H]1[C@H]2OC. The van der Waals surface area contributed by atoms with Gasteiger partial charge in [0.05, 0.1) is 48.3 Å². The van der Waals surface area contributed by atoms with Crippen molar-refractivity contribution in [1.29, 1.82) is 0 Å². The fraction of sp³-hybridized carbons (Fsp3) is 0.763. The van der Waals surface area contributed by atoms with Crippen LogP contribution in [0, 0.1) is 47.3 Å². The normalized spacial score (nSPS) is 47.3. The molecule has 2 heterocycles. The Morgan fingerprint density at radius 3 is 2.44 bits per heavy atom. The van der Waals surface area contributed by atoms with E-state index in [9.17, 15) is 24.6 Å². The molecular formula is C38H52N2O10. The monoisotopic (exact) mass is 696 g/mol. The Labute approximate surface area is 293 Å². The zero-order valence-electron chi connectivity index (χ0n) is 30.2. The molecule has 50 heavy (non-hydrogen) atoms. The Morgan fingerprint density at radius 1 is 1.06 bits per heavy atom. The van der Waals surface area contributed by atoms with Gasteiger partial charge in [-0.15, -0.1) is 0 Å². The van der Waals surface area contributed by atoms with Crippen molar-refractivity contribution in [3.8, 4) is 0 Å². The summed E-state index contributed by atoms with van der Waals surface area (Å²) in [4.78, 5) is 43.6. The molecule has 0 radical (unpaired) electrons. The van der Waals surface area contributed by atoms with E-state index in [-0.39, 0.29) is 84.5 Å². The lowest BCUT2D eigenvalue weighted by Gasteiger charge is -2.70. The molecule has 5 aliphatic carbocycles. The summed E-state index contributed by atoms with van der Waals surface area (Å²) >= 11 is 0. The summed E-state index contributed by atoms with van der Waals surface area (Å²) in [5.74, 6) is -2.47. The van der Waals surface area contributed by atoms with E-state index in [4.69, 9.17) is 23.7 Å².